The van der Waals surface area contributed by atoms with Crippen LogP contribution in [0.1, 0.15) is 32.4 Å². The molecular weight excluding hydrogens is 294 g/mol. The first kappa shape index (κ1) is 17.3. The van der Waals surface area contributed by atoms with E-state index in [0.717, 1.165) is 11.3 Å². The van der Waals surface area contributed by atoms with Crippen molar-refractivity contribution in [1.29, 1.82) is 0 Å². The summed E-state index contributed by atoms with van der Waals surface area (Å²) in [5, 5.41) is 6.06. The minimum Gasteiger partial charge on any atom is -0.497 e. The molecule has 1 aliphatic rings. The highest BCUT2D eigenvalue weighted by molar-refractivity contribution is 6.03. The monoisotopic (exact) mass is 319 g/mol. The zero-order chi connectivity index (χ0) is 17.0. The summed E-state index contributed by atoms with van der Waals surface area (Å²) in [6, 6.07) is 7.36. The minimum absolute atomic E-state index is 0.152. The number of urea groups is 1. The molecule has 0 saturated carbocycles. The maximum absolute atomic E-state index is 11.9. The smallest absolute Gasteiger partial charge is 0.324 e. The number of rotatable bonds is 7. The van der Waals surface area contributed by atoms with Gasteiger partial charge in [0.05, 0.1) is 7.11 Å². The number of amides is 3. The Kier molecular flexibility index (Phi) is 5.60. The highest BCUT2D eigenvalue weighted by atomic mass is 16.5. The van der Waals surface area contributed by atoms with Crippen LogP contribution in [-0.2, 0) is 4.79 Å². The molecule has 0 spiro atoms. The van der Waals surface area contributed by atoms with Crippen LogP contribution in [0.25, 0.3) is 0 Å². The molecule has 3 amide bonds. The second-order valence-corrected chi connectivity index (χ2v) is 6.11. The predicted molar refractivity (Wildman–Crippen MR) is 88.3 cm³/mol. The van der Waals surface area contributed by atoms with Crippen molar-refractivity contribution < 1.29 is 14.3 Å². The normalized spacial score (nSPS) is 19.2. The lowest BCUT2D eigenvalue weighted by Crippen LogP contribution is -2.39. The van der Waals surface area contributed by atoms with E-state index in [0.29, 0.717) is 19.0 Å². The summed E-state index contributed by atoms with van der Waals surface area (Å²) < 4.78 is 5.18. The number of hydrogen-bond acceptors (Lipinski definition) is 4. The molecule has 2 atom stereocenters. The SMILES string of the molecule is COc1ccc([C@@H](NCCN2C(=O)N[C@@H](C)C2=O)C(C)C)cc1. The molecule has 1 fully saturated rings. The molecule has 6 nitrogen and oxygen atoms in total. The molecule has 0 aliphatic carbocycles. The lowest BCUT2D eigenvalue weighted by Gasteiger charge is -2.24. The second-order valence-electron chi connectivity index (χ2n) is 6.11. The van der Waals surface area contributed by atoms with Gasteiger partial charge in [-0.1, -0.05) is 26.0 Å². The van der Waals surface area contributed by atoms with Gasteiger partial charge in [-0.25, -0.2) is 4.79 Å². The lowest BCUT2D eigenvalue weighted by atomic mass is 9.96. The number of carbonyl (C=O) groups excluding carboxylic acids is 2. The van der Waals surface area contributed by atoms with Gasteiger partial charge >= 0.3 is 6.03 Å². The molecule has 126 valence electrons. The summed E-state index contributed by atoms with van der Waals surface area (Å²) in [5.74, 6) is 1.04. The van der Waals surface area contributed by atoms with Crippen LogP contribution in [0.2, 0.25) is 0 Å². The Balaban J connectivity index is 1.95. The molecule has 0 bridgehead atoms. The van der Waals surface area contributed by atoms with Crippen LogP contribution in [-0.4, -0.2) is 43.1 Å². The van der Waals surface area contributed by atoms with E-state index in [4.69, 9.17) is 4.74 Å². The second kappa shape index (κ2) is 7.46. The highest BCUT2D eigenvalue weighted by Crippen LogP contribution is 2.23. The summed E-state index contributed by atoms with van der Waals surface area (Å²) in [6.45, 7) is 6.90. The van der Waals surface area contributed by atoms with Gasteiger partial charge in [0.1, 0.15) is 11.8 Å². The fourth-order valence-corrected chi connectivity index (χ4v) is 2.75. The first-order chi connectivity index (χ1) is 10.9. The van der Waals surface area contributed by atoms with Crippen molar-refractivity contribution >= 4 is 11.9 Å². The van der Waals surface area contributed by atoms with Gasteiger partial charge in [-0.05, 0) is 30.5 Å². The third kappa shape index (κ3) is 4.01. The largest absolute Gasteiger partial charge is 0.497 e. The molecule has 1 aliphatic heterocycles. The zero-order valence-electron chi connectivity index (χ0n) is 14.1. The first-order valence-corrected chi connectivity index (χ1v) is 7.93. The van der Waals surface area contributed by atoms with Gasteiger partial charge in [0.2, 0.25) is 0 Å². The van der Waals surface area contributed by atoms with E-state index in [2.05, 4.69) is 24.5 Å². The summed E-state index contributed by atoms with van der Waals surface area (Å²) in [5.41, 5.74) is 1.16. The van der Waals surface area contributed by atoms with Crippen LogP contribution < -0.4 is 15.4 Å². The molecule has 0 unspecified atom stereocenters. The van der Waals surface area contributed by atoms with E-state index < -0.39 is 6.04 Å². The average molecular weight is 319 g/mol. The van der Waals surface area contributed by atoms with E-state index in [1.165, 1.54) is 4.90 Å². The van der Waals surface area contributed by atoms with Crippen molar-refractivity contribution in [1.82, 2.24) is 15.5 Å². The van der Waals surface area contributed by atoms with Crippen LogP contribution >= 0.6 is 0 Å². The Morgan fingerprint density at radius 2 is 1.91 bits per heavy atom. The number of benzene rings is 1. The van der Waals surface area contributed by atoms with E-state index >= 15 is 0 Å². The molecule has 1 saturated heterocycles. The van der Waals surface area contributed by atoms with Gasteiger partial charge in [0, 0.05) is 19.1 Å². The van der Waals surface area contributed by atoms with Gasteiger partial charge < -0.3 is 15.4 Å². The van der Waals surface area contributed by atoms with E-state index in [1.807, 2.05) is 24.3 Å². The van der Waals surface area contributed by atoms with Crippen LogP contribution in [0, 0.1) is 5.92 Å². The van der Waals surface area contributed by atoms with Gasteiger partial charge in [0.25, 0.3) is 5.91 Å². The molecule has 0 aromatic heterocycles. The number of nitrogens with zero attached hydrogens (tertiary/aromatic N) is 1. The lowest BCUT2D eigenvalue weighted by molar-refractivity contribution is -0.127. The van der Waals surface area contributed by atoms with Crippen molar-refractivity contribution in [2.45, 2.75) is 32.9 Å². The van der Waals surface area contributed by atoms with Crippen molar-refractivity contribution in [3.05, 3.63) is 29.8 Å². The standard InChI is InChI=1S/C17H25N3O3/c1-11(2)15(13-5-7-14(23-4)8-6-13)18-9-10-20-16(21)12(3)19-17(20)22/h5-8,11-12,15,18H,9-10H2,1-4H3,(H,19,22)/t12-,15-/m0/s1. The van der Waals surface area contributed by atoms with Crippen molar-refractivity contribution in [3.63, 3.8) is 0 Å². The van der Waals surface area contributed by atoms with Gasteiger partial charge in [-0.3, -0.25) is 9.69 Å². The average Bonchev–Trinajstić information content (AvgIpc) is 2.77. The number of carbonyl (C=O) groups is 2. The molecule has 2 rings (SSSR count). The number of nitrogens with one attached hydrogen (secondary N) is 2. The maximum atomic E-state index is 11.9. The van der Waals surface area contributed by atoms with Gasteiger partial charge in [0.15, 0.2) is 0 Å². The fourth-order valence-electron chi connectivity index (χ4n) is 2.75. The minimum atomic E-state index is -0.426. The molecular formula is C17H25N3O3. The number of ether oxygens (including phenoxy) is 1. The van der Waals surface area contributed by atoms with Crippen LogP contribution in [0.4, 0.5) is 4.79 Å². The summed E-state index contributed by atoms with van der Waals surface area (Å²) >= 11 is 0. The Labute approximate surface area is 137 Å². The molecule has 1 aromatic carbocycles. The number of hydrogen-bond donors (Lipinski definition) is 2. The topological polar surface area (TPSA) is 70.7 Å². The highest BCUT2D eigenvalue weighted by Gasteiger charge is 2.34. The molecule has 23 heavy (non-hydrogen) atoms. The van der Waals surface area contributed by atoms with Crippen molar-refractivity contribution in [3.8, 4) is 5.75 Å². The Bertz CT molecular complexity index is 557. The van der Waals surface area contributed by atoms with Gasteiger partial charge in [-0.2, -0.15) is 0 Å². The van der Waals surface area contributed by atoms with Gasteiger partial charge in [-0.15, -0.1) is 0 Å². The fraction of sp³-hybridized carbons (Fsp3) is 0.529. The van der Waals surface area contributed by atoms with E-state index in [9.17, 15) is 9.59 Å². The van der Waals surface area contributed by atoms with Crippen LogP contribution in [0.5, 0.6) is 5.75 Å². The molecule has 2 N–H and O–H groups in total. The Morgan fingerprint density at radius 1 is 1.26 bits per heavy atom. The molecule has 1 heterocycles. The predicted octanol–water partition coefficient (Wildman–Crippen LogP) is 1.92. The Hall–Kier alpha value is -2.08. The van der Waals surface area contributed by atoms with Crippen molar-refractivity contribution in [2.75, 3.05) is 20.2 Å². The molecule has 6 heteroatoms. The van der Waals surface area contributed by atoms with Crippen LogP contribution in [0.3, 0.4) is 0 Å². The Morgan fingerprint density at radius 3 is 2.39 bits per heavy atom. The summed E-state index contributed by atoms with van der Waals surface area (Å²) in [7, 11) is 1.65. The first-order valence-electron chi connectivity index (χ1n) is 7.93. The van der Waals surface area contributed by atoms with Crippen LogP contribution in [0.15, 0.2) is 24.3 Å². The number of imide groups is 1. The third-order valence-corrected chi connectivity index (χ3v) is 4.06. The zero-order valence-corrected chi connectivity index (χ0v) is 14.1. The third-order valence-electron chi connectivity index (χ3n) is 4.06. The summed E-state index contributed by atoms with van der Waals surface area (Å²) in [4.78, 5) is 24.8. The molecule has 1 aromatic rings. The van der Waals surface area contributed by atoms with E-state index in [-0.39, 0.29) is 18.0 Å². The number of methoxy groups -OCH3 is 1. The maximum Gasteiger partial charge on any atom is 0.324 e. The molecule has 0 radical (unpaired) electrons. The van der Waals surface area contributed by atoms with E-state index in [1.54, 1.807) is 14.0 Å². The summed E-state index contributed by atoms with van der Waals surface area (Å²) in [6.07, 6.45) is 0. The van der Waals surface area contributed by atoms with Crippen molar-refractivity contribution in [2.24, 2.45) is 5.92 Å². The quantitative estimate of drug-likeness (QED) is 0.753.